The molecule has 0 aromatic carbocycles. The minimum atomic E-state index is -1.28. The van der Waals surface area contributed by atoms with Gasteiger partial charge in [-0.25, -0.2) is 10.5 Å². The second-order valence-electron chi connectivity index (χ2n) is 1.16. The molecule has 0 bridgehead atoms. The average Bonchev–Trinajstić information content (AvgIpc) is 1.88. The van der Waals surface area contributed by atoms with Crippen LogP contribution in [0.1, 0.15) is 13.8 Å². The van der Waals surface area contributed by atoms with Crippen LogP contribution in [0.2, 0.25) is 0 Å². The van der Waals surface area contributed by atoms with E-state index in [1.54, 1.807) is 0 Å². The van der Waals surface area contributed by atoms with Gasteiger partial charge in [-0.05, 0) is 13.8 Å². The van der Waals surface area contributed by atoms with Crippen molar-refractivity contribution >= 4 is 8.60 Å². The van der Waals surface area contributed by atoms with E-state index in [2.05, 4.69) is 4.62 Å². The number of nitrogens with two attached hydrogens (primary N) is 1. The molecule has 0 saturated carbocycles. The third kappa shape index (κ3) is 4.75. The van der Waals surface area contributed by atoms with Crippen molar-refractivity contribution in [1.82, 2.24) is 0 Å². The predicted molar refractivity (Wildman–Crippen MR) is 35.4 cm³/mol. The molecule has 0 heterocycles. The Labute approximate surface area is 56.2 Å². The first-order chi connectivity index (χ1) is 4.35. The van der Waals surface area contributed by atoms with Gasteiger partial charge in [-0.1, -0.05) is 0 Å². The molecule has 0 atom stereocenters. The monoisotopic (exact) mass is 153 g/mol. The van der Waals surface area contributed by atoms with E-state index < -0.39 is 8.60 Å². The summed E-state index contributed by atoms with van der Waals surface area (Å²) in [5.74, 6) is 4.82. The van der Waals surface area contributed by atoms with Crippen LogP contribution in [0.5, 0.6) is 0 Å². The fourth-order valence-corrected chi connectivity index (χ4v) is 0.927. The molecule has 0 aromatic rings. The van der Waals surface area contributed by atoms with E-state index in [-0.39, 0.29) is 0 Å². The van der Waals surface area contributed by atoms with Crippen molar-refractivity contribution in [2.45, 2.75) is 13.8 Å². The third-order valence-electron chi connectivity index (χ3n) is 0.555. The van der Waals surface area contributed by atoms with Crippen molar-refractivity contribution in [1.29, 1.82) is 0 Å². The molecule has 0 amide bonds. The molecule has 5 heteroatoms. The van der Waals surface area contributed by atoms with E-state index >= 15 is 0 Å². The van der Waals surface area contributed by atoms with Crippen molar-refractivity contribution in [3.63, 3.8) is 0 Å². The lowest BCUT2D eigenvalue weighted by atomic mass is 10.9. The lowest BCUT2D eigenvalue weighted by Crippen LogP contribution is -1.99. The number of hydrogen-bond donors (Lipinski definition) is 1. The smallest absolute Gasteiger partial charge is 0.312 e. The maximum atomic E-state index is 4.93. The quantitative estimate of drug-likeness (QED) is 0.476. The van der Waals surface area contributed by atoms with Gasteiger partial charge in [0.25, 0.3) is 0 Å². The highest BCUT2D eigenvalue weighted by Gasteiger charge is 2.06. The Balaban J connectivity index is 3.18. The maximum Gasteiger partial charge on any atom is 0.350 e. The van der Waals surface area contributed by atoms with Crippen molar-refractivity contribution in [3.8, 4) is 0 Å². The molecular weight excluding hydrogens is 141 g/mol. The number of rotatable bonds is 5. The molecule has 4 nitrogen and oxygen atoms in total. The predicted octanol–water partition coefficient (Wildman–Crippen LogP) is 1.18. The highest BCUT2D eigenvalue weighted by molar-refractivity contribution is 7.41. The summed E-state index contributed by atoms with van der Waals surface area (Å²) >= 11 is 0. The molecule has 9 heavy (non-hydrogen) atoms. The number of hydrogen-bond acceptors (Lipinski definition) is 4. The van der Waals surface area contributed by atoms with Gasteiger partial charge in [0.05, 0.1) is 13.2 Å². The zero-order valence-electron chi connectivity index (χ0n) is 5.66. The van der Waals surface area contributed by atoms with Crippen LogP contribution in [-0.4, -0.2) is 13.2 Å². The first-order valence-corrected chi connectivity index (χ1v) is 3.87. The minimum absolute atomic E-state index is 0.558. The summed E-state index contributed by atoms with van der Waals surface area (Å²) in [5.41, 5.74) is 0. The highest BCUT2D eigenvalue weighted by atomic mass is 31.2. The van der Waals surface area contributed by atoms with Crippen LogP contribution in [0.25, 0.3) is 0 Å². The molecule has 0 fully saturated rings. The second kappa shape index (κ2) is 6.39. The molecule has 0 saturated heterocycles. The Morgan fingerprint density at radius 2 is 1.67 bits per heavy atom. The average molecular weight is 153 g/mol. The zero-order valence-corrected chi connectivity index (χ0v) is 6.56. The van der Waals surface area contributed by atoms with Crippen LogP contribution >= 0.6 is 8.60 Å². The molecule has 0 aliphatic rings. The topological polar surface area (TPSA) is 53.7 Å². The van der Waals surface area contributed by atoms with Gasteiger partial charge >= 0.3 is 8.60 Å². The van der Waals surface area contributed by atoms with E-state index in [9.17, 15) is 0 Å². The molecular formula is C4H12NO3P. The standard InChI is InChI=1S/C4H12NO3P/c1-3-6-9(8-5)7-4-2/h3-5H2,1-2H3. The zero-order chi connectivity index (χ0) is 7.11. The van der Waals surface area contributed by atoms with E-state index in [4.69, 9.17) is 14.9 Å². The normalized spacial score (nSPS) is 10.7. The molecule has 0 unspecified atom stereocenters. The van der Waals surface area contributed by atoms with Crippen LogP contribution in [0, 0.1) is 0 Å². The molecule has 0 aliphatic carbocycles. The summed E-state index contributed by atoms with van der Waals surface area (Å²) in [4.78, 5) is 0. The van der Waals surface area contributed by atoms with Crippen molar-refractivity contribution in [3.05, 3.63) is 0 Å². The highest BCUT2D eigenvalue weighted by Crippen LogP contribution is 2.36. The molecule has 0 aromatic heterocycles. The second-order valence-corrected chi connectivity index (χ2v) is 2.34. The van der Waals surface area contributed by atoms with Crippen LogP contribution in [0.15, 0.2) is 0 Å². The van der Waals surface area contributed by atoms with Gasteiger partial charge in [0.15, 0.2) is 0 Å². The van der Waals surface area contributed by atoms with E-state index in [1.165, 1.54) is 0 Å². The van der Waals surface area contributed by atoms with Crippen molar-refractivity contribution < 1.29 is 13.7 Å². The summed E-state index contributed by atoms with van der Waals surface area (Å²) in [6.07, 6.45) is 0. The van der Waals surface area contributed by atoms with Gasteiger partial charge < -0.3 is 9.05 Å². The first kappa shape index (κ1) is 9.27. The van der Waals surface area contributed by atoms with Gasteiger partial charge in [0, 0.05) is 0 Å². The minimum Gasteiger partial charge on any atom is -0.312 e. The Morgan fingerprint density at radius 1 is 1.22 bits per heavy atom. The molecule has 0 rings (SSSR count). The fourth-order valence-electron chi connectivity index (χ4n) is 0.309. The van der Waals surface area contributed by atoms with Gasteiger partial charge in [0.1, 0.15) is 0 Å². The van der Waals surface area contributed by atoms with E-state index in [0.29, 0.717) is 13.2 Å². The summed E-state index contributed by atoms with van der Waals surface area (Å²) in [6, 6.07) is 0. The van der Waals surface area contributed by atoms with Crippen LogP contribution < -0.4 is 5.90 Å². The summed E-state index contributed by atoms with van der Waals surface area (Å²) in [7, 11) is -1.28. The Hall–Kier alpha value is 0.270. The molecule has 0 radical (unpaired) electrons. The third-order valence-corrected chi connectivity index (χ3v) is 1.67. The Bertz CT molecular complexity index is 57.8. The van der Waals surface area contributed by atoms with Gasteiger partial charge in [-0.15, -0.1) is 0 Å². The van der Waals surface area contributed by atoms with Crippen LogP contribution in [0.4, 0.5) is 0 Å². The van der Waals surface area contributed by atoms with Gasteiger partial charge in [-0.2, -0.15) is 0 Å². The Morgan fingerprint density at radius 3 is 1.89 bits per heavy atom. The molecule has 0 spiro atoms. The molecule has 0 aliphatic heterocycles. The van der Waals surface area contributed by atoms with E-state index in [0.717, 1.165) is 0 Å². The van der Waals surface area contributed by atoms with Gasteiger partial charge in [-0.3, -0.25) is 0 Å². The lowest BCUT2D eigenvalue weighted by molar-refractivity contribution is 0.172. The maximum absolute atomic E-state index is 4.93. The molecule has 2 N–H and O–H groups in total. The van der Waals surface area contributed by atoms with Crippen molar-refractivity contribution in [2.75, 3.05) is 13.2 Å². The van der Waals surface area contributed by atoms with E-state index in [1.807, 2.05) is 13.8 Å². The van der Waals surface area contributed by atoms with Crippen LogP contribution in [0.3, 0.4) is 0 Å². The largest absolute Gasteiger partial charge is 0.350 e. The fraction of sp³-hybridized carbons (Fsp3) is 1.00. The SMILES string of the molecule is CCOP(ON)OCC. The van der Waals surface area contributed by atoms with Gasteiger partial charge in [0.2, 0.25) is 0 Å². The lowest BCUT2D eigenvalue weighted by Gasteiger charge is -2.09. The summed E-state index contributed by atoms with van der Waals surface area (Å²) in [6.45, 7) is 4.83. The summed E-state index contributed by atoms with van der Waals surface area (Å²) < 4.78 is 14.2. The first-order valence-electron chi connectivity index (χ1n) is 2.77. The van der Waals surface area contributed by atoms with Crippen molar-refractivity contribution in [2.24, 2.45) is 5.90 Å². The Kier molecular flexibility index (Phi) is 6.58. The summed E-state index contributed by atoms with van der Waals surface area (Å²) in [5, 5.41) is 0. The molecule has 56 valence electrons. The van der Waals surface area contributed by atoms with Crippen LogP contribution in [-0.2, 0) is 13.7 Å².